The van der Waals surface area contributed by atoms with Crippen LogP contribution in [0.5, 0.6) is 0 Å². The minimum Gasteiger partial charge on any atom is -0.331 e. The highest BCUT2D eigenvalue weighted by molar-refractivity contribution is 5.77. The molecule has 2 aromatic carbocycles. The molecular weight excluding hydrogens is 402 g/mol. The smallest absolute Gasteiger partial charge is 0.224 e. The van der Waals surface area contributed by atoms with Crippen LogP contribution in [0.15, 0.2) is 36.7 Å². The largest absolute Gasteiger partial charge is 0.331 e. The Balaban J connectivity index is 1.52. The number of carbonyl (C=O) groups excluding carboxylic acids is 1. The predicted octanol–water partition coefficient (Wildman–Crippen LogP) is 2.63. The fraction of sp³-hybridized carbons (Fsp3) is 0.250. The highest BCUT2D eigenvalue weighted by Gasteiger charge is 2.26. The molecule has 2 heterocycles. The molecule has 0 fully saturated rings. The van der Waals surface area contributed by atoms with Gasteiger partial charge >= 0.3 is 0 Å². The van der Waals surface area contributed by atoms with E-state index >= 15 is 0 Å². The van der Waals surface area contributed by atoms with Crippen molar-refractivity contribution in [1.82, 2.24) is 19.7 Å². The molecule has 1 aliphatic rings. The summed E-state index contributed by atoms with van der Waals surface area (Å²) in [6.45, 7) is 0.253. The molecule has 0 saturated heterocycles. The quantitative estimate of drug-likeness (QED) is 0.521. The molecule has 1 aromatic heterocycles. The number of hydrogen-bond donors (Lipinski definition) is 1. The molecule has 0 bridgehead atoms. The standard InChI is InChI=1S/C20H17F4N5O/c21-13-1-2-18-12(3-13)8-28(9-19-27-26-10-29(18)19)20(30)6-14(25)4-11-5-16(23)17(24)7-15(11)22/h1-3,5,7,10,14H,4,6,8-9,25H2/t14-/m1/s1. The number of nitrogens with zero attached hydrogens (tertiary/aromatic N) is 4. The van der Waals surface area contributed by atoms with Crippen LogP contribution in [0.25, 0.3) is 5.69 Å². The lowest BCUT2D eigenvalue weighted by Crippen LogP contribution is -2.36. The van der Waals surface area contributed by atoms with Crippen molar-refractivity contribution in [2.75, 3.05) is 0 Å². The van der Waals surface area contributed by atoms with Crippen LogP contribution in [0.4, 0.5) is 17.6 Å². The lowest BCUT2D eigenvalue weighted by atomic mass is 10.0. The van der Waals surface area contributed by atoms with Crippen molar-refractivity contribution >= 4 is 5.91 Å². The summed E-state index contributed by atoms with van der Waals surface area (Å²) in [6, 6.07) is 4.59. The van der Waals surface area contributed by atoms with Crippen LogP contribution in [-0.2, 0) is 24.3 Å². The van der Waals surface area contributed by atoms with Crippen molar-refractivity contribution in [3.05, 3.63) is 76.9 Å². The van der Waals surface area contributed by atoms with Gasteiger partial charge < -0.3 is 10.6 Å². The normalized spacial score (nSPS) is 14.1. The van der Waals surface area contributed by atoms with E-state index in [0.717, 1.165) is 6.07 Å². The first-order chi connectivity index (χ1) is 14.3. The molecular formula is C20H17F4N5O. The fourth-order valence-electron chi connectivity index (χ4n) is 3.52. The minimum absolute atomic E-state index is 0.114. The van der Waals surface area contributed by atoms with Crippen molar-refractivity contribution in [2.24, 2.45) is 5.73 Å². The van der Waals surface area contributed by atoms with Gasteiger partial charge in [-0.2, -0.15) is 0 Å². The minimum atomic E-state index is -1.29. The van der Waals surface area contributed by atoms with Crippen molar-refractivity contribution in [2.45, 2.75) is 32.0 Å². The highest BCUT2D eigenvalue weighted by Crippen LogP contribution is 2.25. The average molecular weight is 419 g/mol. The first-order valence-electron chi connectivity index (χ1n) is 9.16. The summed E-state index contributed by atoms with van der Waals surface area (Å²) in [4.78, 5) is 14.3. The van der Waals surface area contributed by atoms with Crippen molar-refractivity contribution < 1.29 is 22.4 Å². The summed E-state index contributed by atoms with van der Waals surface area (Å²) in [5.74, 6) is -3.71. The maximum Gasteiger partial charge on any atom is 0.224 e. The predicted molar refractivity (Wildman–Crippen MR) is 98.2 cm³/mol. The van der Waals surface area contributed by atoms with Gasteiger partial charge in [0.15, 0.2) is 17.5 Å². The van der Waals surface area contributed by atoms with E-state index in [4.69, 9.17) is 5.73 Å². The lowest BCUT2D eigenvalue weighted by molar-refractivity contribution is -0.132. The second kappa shape index (κ2) is 7.86. The summed E-state index contributed by atoms with van der Waals surface area (Å²) in [7, 11) is 0. The summed E-state index contributed by atoms with van der Waals surface area (Å²) in [5.41, 5.74) is 7.10. The van der Waals surface area contributed by atoms with Gasteiger partial charge in [0, 0.05) is 25.1 Å². The lowest BCUT2D eigenvalue weighted by Gasteiger charge is -2.22. The van der Waals surface area contributed by atoms with Gasteiger partial charge in [-0.3, -0.25) is 9.36 Å². The zero-order valence-electron chi connectivity index (χ0n) is 15.7. The second-order valence-electron chi connectivity index (χ2n) is 7.17. The third-order valence-electron chi connectivity index (χ3n) is 4.97. The number of aromatic nitrogens is 3. The molecule has 3 aromatic rings. The molecule has 1 atom stereocenters. The van der Waals surface area contributed by atoms with E-state index in [0.29, 0.717) is 23.1 Å². The number of fused-ring (bicyclic) bond motifs is 3. The van der Waals surface area contributed by atoms with Crippen LogP contribution in [0.3, 0.4) is 0 Å². The zero-order chi connectivity index (χ0) is 21.4. The summed E-state index contributed by atoms with van der Waals surface area (Å²) in [5, 5.41) is 7.87. The second-order valence-corrected chi connectivity index (χ2v) is 7.17. The van der Waals surface area contributed by atoms with Crippen molar-refractivity contribution in [1.29, 1.82) is 0 Å². The van der Waals surface area contributed by atoms with Gasteiger partial charge in [0.1, 0.15) is 18.0 Å². The van der Waals surface area contributed by atoms with Gasteiger partial charge in [0.2, 0.25) is 5.91 Å². The molecule has 0 radical (unpaired) electrons. The topological polar surface area (TPSA) is 77.0 Å². The Morgan fingerprint density at radius 2 is 1.83 bits per heavy atom. The number of rotatable bonds is 4. The first kappa shape index (κ1) is 20.0. The van der Waals surface area contributed by atoms with Gasteiger partial charge in [0.05, 0.1) is 12.2 Å². The van der Waals surface area contributed by atoms with E-state index < -0.39 is 29.3 Å². The number of amides is 1. The van der Waals surface area contributed by atoms with E-state index in [1.54, 1.807) is 10.6 Å². The Labute approximate surface area is 168 Å². The molecule has 10 heteroatoms. The summed E-state index contributed by atoms with van der Waals surface area (Å²) < 4.78 is 55.8. The monoisotopic (exact) mass is 419 g/mol. The average Bonchev–Trinajstić information content (AvgIpc) is 3.07. The Morgan fingerprint density at radius 1 is 1.07 bits per heavy atom. The zero-order valence-corrected chi connectivity index (χ0v) is 15.7. The van der Waals surface area contributed by atoms with Crippen molar-refractivity contribution in [3.8, 4) is 5.69 Å². The van der Waals surface area contributed by atoms with Crippen LogP contribution in [0.2, 0.25) is 0 Å². The number of nitrogens with two attached hydrogens (primary N) is 1. The number of benzene rings is 2. The van der Waals surface area contributed by atoms with Crippen LogP contribution in [0.1, 0.15) is 23.4 Å². The van der Waals surface area contributed by atoms with Gasteiger partial charge in [-0.1, -0.05) is 0 Å². The molecule has 4 rings (SSSR count). The molecule has 0 saturated carbocycles. The van der Waals surface area contributed by atoms with Gasteiger partial charge in [-0.05, 0) is 41.8 Å². The first-order valence-corrected chi connectivity index (χ1v) is 9.16. The van der Waals surface area contributed by atoms with E-state index in [-0.39, 0.29) is 37.4 Å². The molecule has 0 spiro atoms. The van der Waals surface area contributed by atoms with Crippen LogP contribution < -0.4 is 5.73 Å². The Hall–Kier alpha value is -3.27. The third kappa shape index (κ3) is 3.90. The Morgan fingerprint density at radius 3 is 2.63 bits per heavy atom. The summed E-state index contributed by atoms with van der Waals surface area (Å²) in [6.07, 6.45) is 1.17. The molecule has 0 unspecified atom stereocenters. The van der Waals surface area contributed by atoms with Gasteiger partial charge in [0.25, 0.3) is 0 Å². The van der Waals surface area contributed by atoms with Gasteiger partial charge in [-0.25, -0.2) is 17.6 Å². The third-order valence-corrected chi connectivity index (χ3v) is 4.97. The van der Waals surface area contributed by atoms with E-state index in [1.165, 1.54) is 23.4 Å². The van der Waals surface area contributed by atoms with E-state index in [1.807, 2.05) is 0 Å². The van der Waals surface area contributed by atoms with Gasteiger partial charge in [-0.15, -0.1) is 10.2 Å². The molecule has 156 valence electrons. The maximum atomic E-state index is 13.9. The molecule has 1 aliphatic heterocycles. The van der Waals surface area contributed by atoms with E-state index in [9.17, 15) is 22.4 Å². The maximum absolute atomic E-state index is 13.9. The molecule has 1 amide bonds. The Bertz CT molecular complexity index is 1120. The fourth-order valence-corrected chi connectivity index (χ4v) is 3.52. The van der Waals surface area contributed by atoms with Crippen LogP contribution >= 0.6 is 0 Å². The summed E-state index contributed by atoms with van der Waals surface area (Å²) >= 11 is 0. The van der Waals surface area contributed by atoms with Crippen LogP contribution in [-0.4, -0.2) is 31.6 Å². The number of carbonyl (C=O) groups is 1. The number of hydrogen-bond acceptors (Lipinski definition) is 4. The molecule has 2 N–H and O–H groups in total. The molecule has 30 heavy (non-hydrogen) atoms. The highest BCUT2D eigenvalue weighted by atomic mass is 19.2. The van der Waals surface area contributed by atoms with Crippen LogP contribution in [0, 0.1) is 23.3 Å². The SMILES string of the molecule is N[C@@H](CC(=O)N1Cc2cc(F)ccc2-n2cnnc2C1)Cc1cc(F)c(F)cc1F. The number of halogens is 4. The van der Waals surface area contributed by atoms with Crippen molar-refractivity contribution in [3.63, 3.8) is 0 Å². The molecule has 6 nitrogen and oxygen atoms in total. The molecule has 0 aliphatic carbocycles. The van der Waals surface area contributed by atoms with E-state index in [2.05, 4.69) is 10.2 Å². The Kier molecular flexibility index (Phi) is 5.25.